The first kappa shape index (κ1) is 15.1. The molecule has 4 nitrogen and oxygen atoms in total. The Morgan fingerprint density at radius 3 is 2.85 bits per heavy atom. The van der Waals surface area contributed by atoms with Crippen molar-refractivity contribution in [3.05, 3.63) is 43.5 Å². The van der Waals surface area contributed by atoms with Crippen molar-refractivity contribution in [2.24, 2.45) is 5.92 Å². The minimum atomic E-state index is -0.242. The number of nitrogens with one attached hydrogen (secondary N) is 1. The Hall–Kier alpha value is -1.33. The lowest BCUT2D eigenvalue weighted by Crippen LogP contribution is -2.26. The van der Waals surface area contributed by atoms with Gasteiger partial charge in [0, 0.05) is 18.0 Å². The Labute approximate surface area is 127 Å². The molecular formula is C14H18ClN3OS. The van der Waals surface area contributed by atoms with Crippen LogP contribution in [0.3, 0.4) is 0 Å². The quantitative estimate of drug-likeness (QED) is 0.919. The molecule has 1 N–H and O–H groups in total. The number of rotatable bonds is 5. The summed E-state index contributed by atoms with van der Waals surface area (Å²) in [6.07, 6.45) is 1.62. The van der Waals surface area contributed by atoms with Crippen LogP contribution in [0.25, 0.3) is 0 Å². The fourth-order valence-corrected chi connectivity index (χ4v) is 2.88. The zero-order chi connectivity index (χ0) is 14.7. The molecule has 2 aromatic rings. The van der Waals surface area contributed by atoms with E-state index in [2.05, 4.69) is 23.4 Å². The molecule has 0 radical (unpaired) electrons. The molecule has 2 heterocycles. The summed E-state index contributed by atoms with van der Waals surface area (Å²) >= 11 is 7.81. The van der Waals surface area contributed by atoms with Crippen LogP contribution >= 0.6 is 22.9 Å². The van der Waals surface area contributed by atoms with E-state index in [1.54, 1.807) is 17.5 Å². The highest BCUT2D eigenvalue weighted by atomic mass is 35.5. The van der Waals surface area contributed by atoms with Gasteiger partial charge in [-0.3, -0.25) is 4.79 Å². The van der Waals surface area contributed by atoms with Crippen molar-refractivity contribution in [1.29, 1.82) is 0 Å². The van der Waals surface area contributed by atoms with E-state index in [0.29, 0.717) is 24.7 Å². The van der Waals surface area contributed by atoms with E-state index in [9.17, 15) is 4.79 Å². The normalized spacial score (nSPS) is 11.1. The monoisotopic (exact) mass is 311 g/mol. The topological polar surface area (TPSA) is 46.9 Å². The number of thiophene rings is 1. The number of hydrogen-bond donors (Lipinski definition) is 1. The zero-order valence-corrected chi connectivity index (χ0v) is 13.4. The van der Waals surface area contributed by atoms with Crippen LogP contribution in [0.15, 0.2) is 22.4 Å². The summed E-state index contributed by atoms with van der Waals surface area (Å²) in [5, 5.41) is 9.59. The first-order chi connectivity index (χ1) is 9.49. The molecule has 0 spiro atoms. The van der Waals surface area contributed by atoms with Gasteiger partial charge in [-0.15, -0.1) is 11.3 Å². The molecule has 0 saturated carbocycles. The van der Waals surface area contributed by atoms with E-state index >= 15 is 0 Å². The maximum atomic E-state index is 12.1. The van der Waals surface area contributed by atoms with Crippen LogP contribution < -0.4 is 10.9 Å². The van der Waals surface area contributed by atoms with E-state index in [1.165, 1.54) is 15.1 Å². The lowest BCUT2D eigenvalue weighted by atomic mass is 10.2. The van der Waals surface area contributed by atoms with Crippen molar-refractivity contribution in [2.45, 2.75) is 33.9 Å². The van der Waals surface area contributed by atoms with E-state index < -0.39 is 0 Å². The smallest absolute Gasteiger partial charge is 0.287 e. The predicted octanol–water partition coefficient (Wildman–Crippen LogP) is 3.53. The molecule has 20 heavy (non-hydrogen) atoms. The minimum absolute atomic E-state index is 0.204. The van der Waals surface area contributed by atoms with Crippen molar-refractivity contribution in [1.82, 2.24) is 9.78 Å². The third-order valence-electron chi connectivity index (χ3n) is 2.93. The Kier molecular flexibility index (Phi) is 4.83. The molecular weight excluding hydrogens is 294 g/mol. The van der Waals surface area contributed by atoms with Crippen LogP contribution in [0.1, 0.15) is 24.3 Å². The Morgan fingerprint density at radius 2 is 2.25 bits per heavy atom. The molecule has 108 valence electrons. The highest BCUT2D eigenvalue weighted by Gasteiger charge is 2.10. The summed E-state index contributed by atoms with van der Waals surface area (Å²) in [6, 6.07) is 2.07. The molecule has 0 atom stereocenters. The number of nitrogens with zero attached hydrogens (tertiary/aromatic N) is 2. The molecule has 0 aliphatic rings. The summed E-state index contributed by atoms with van der Waals surface area (Å²) in [5.41, 5.74) is 1.58. The molecule has 2 rings (SSSR count). The van der Waals surface area contributed by atoms with E-state index in [4.69, 9.17) is 11.6 Å². The molecule has 0 fully saturated rings. The van der Waals surface area contributed by atoms with Gasteiger partial charge in [0.05, 0.1) is 11.9 Å². The van der Waals surface area contributed by atoms with Gasteiger partial charge in [-0.25, -0.2) is 4.68 Å². The second-order valence-corrected chi connectivity index (χ2v) is 6.51. The summed E-state index contributed by atoms with van der Waals surface area (Å²) < 4.78 is 1.41. The van der Waals surface area contributed by atoms with E-state index in [0.717, 1.165) is 0 Å². The highest BCUT2D eigenvalue weighted by molar-refractivity contribution is 7.10. The van der Waals surface area contributed by atoms with Gasteiger partial charge in [-0.1, -0.05) is 25.4 Å². The van der Waals surface area contributed by atoms with Crippen molar-refractivity contribution in [3.63, 3.8) is 0 Å². The number of aromatic nitrogens is 2. The third kappa shape index (κ3) is 3.41. The van der Waals surface area contributed by atoms with Gasteiger partial charge in [0.15, 0.2) is 0 Å². The van der Waals surface area contributed by atoms with Crippen LogP contribution in [-0.4, -0.2) is 9.78 Å². The molecule has 0 aliphatic heterocycles. The molecule has 2 aromatic heterocycles. The molecule has 6 heteroatoms. The van der Waals surface area contributed by atoms with E-state index in [1.807, 2.05) is 19.2 Å². The van der Waals surface area contributed by atoms with Crippen LogP contribution in [0.2, 0.25) is 5.02 Å². The maximum absolute atomic E-state index is 12.1. The van der Waals surface area contributed by atoms with Gasteiger partial charge in [-0.2, -0.15) is 5.10 Å². The van der Waals surface area contributed by atoms with Gasteiger partial charge < -0.3 is 5.32 Å². The zero-order valence-electron chi connectivity index (χ0n) is 11.8. The molecule has 0 bridgehead atoms. The molecule has 0 aliphatic carbocycles. The molecule has 0 unspecified atom stereocenters. The van der Waals surface area contributed by atoms with Crippen LogP contribution in [0.5, 0.6) is 0 Å². The van der Waals surface area contributed by atoms with Crippen molar-refractivity contribution >= 4 is 28.6 Å². The van der Waals surface area contributed by atoms with Crippen LogP contribution in [-0.2, 0) is 13.1 Å². The fourth-order valence-electron chi connectivity index (χ4n) is 1.82. The first-order valence-electron chi connectivity index (χ1n) is 6.51. The summed E-state index contributed by atoms with van der Waals surface area (Å²) in [4.78, 5) is 13.3. The van der Waals surface area contributed by atoms with Gasteiger partial charge >= 0.3 is 0 Å². The van der Waals surface area contributed by atoms with Crippen molar-refractivity contribution in [3.8, 4) is 0 Å². The Balaban J connectivity index is 2.15. The summed E-state index contributed by atoms with van der Waals surface area (Å²) in [7, 11) is 0. The Morgan fingerprint density at radius 1 is 1.50 bits per heavy atom. The average Bonchev–Trinajstić information content (AvgIpc) is 2.79. The molecule has 0 aromatic carbocycles. The van der Waals surface area contributed by atoms with Crippen LogP contribution in [0, 0.1) is 12.8 Å². The lowest BCUT2D eigenvalue weighted by Gasteiger charge is -2.11. The number of hydrogen-bond acceptors (Lipinski definition) is 4. The van der Waals surface area contributed by atoms with Gasteiger partial charge in [0.25, 0.3) is 5.56 Å². The van der Waals surface area contributed by atoms with Gasteiger partial charge in [-0.05, 0) is 29.9 Å². The minimum Gasteiger partial charge on any atom is -0.377 e. The van der Waals surface area contributed by atoms with Crippen molar-refractivity contribution in [2.75, 3.05) is 5.32 Å². The van der Waals surface area contributed by atoms with Gasteiger partial charge in [0.1, 0.15) is 5.02 Å². The number of halogens is 1. The molecule has 0 amide bonds. The standard InChI is InChI=1S/C14H18ClN3OS/c1-9(2)8-18-14(19)13(15)11(6-17-18)16-7-12-10(3)4-5-20-12/h4-6,9,16H,7-8H2,1-3H3. The predicted molar refractivity (Wildman–Crippen MR) is 84.7 cm³/mol. The van der Waals surface area contributed by atoms with Crippen LogP contribution in [0.4, 0.5) is 5.69 Å². The SMILES string of the molecule is Cc1ccsc1CNc1cnn(CC(C)C)c(=O)c1Cl. The summed E-state index contributed by atoms with van der Waals surface area (Å²) in [5.74, 6) is 0.351. The van der Waals surface area contributed by atoms with Crippen molar-refractivity contribution < 1.29 is 0 Å². The molecule has 0 saturated heterocycles. The summed E-state index contributed by atoms with van der Waals surface area (Å²) in [6.45, 7) is 7.36. The largest absolute Gasteiger partial charge is 0.377 e. The van der Waals surface area contributed by atoms with Gasteiger partial charge in [0.2, 0.25) is 0 Å². The third-order valence-corrected chi connectivity index (χ3v) is 4.32. The number of aryl methyl sites for hydroxylation is 1. The first-order valence-corrected chi connectivity index (χ1v) is 7.77. The fraction of sp³-hybridized carbons (Fsp3) is 0.429. The second-order valence-electron chi connectivity index (χ2n) is 5.13. The second kappa shape index (κ2) is 6.41. The number of anilines is 1. The Bertz CT molecular complexity index is 648. The van der Waals surface area contributed by atoms with E-state index in [-0.39, 0.29) is 10.6 Å². The average molecular weight is 312 g/mol. The maximum Gasteiger partial charge on any atom is 0.287 e. The highest BCUT2D eigenvalue weighted by Crippen LogP contribution is 2.20. The lowest BCUT2D eigenvalue weighted by molar-refractivity contribution is 0.464.